The predicted octanol–water partition coefficient (Wildman–Crippen LogP) is 5.15. The van der Waals surface area contributed by atoms with Gasteiger partial charge in [-0.05, 0) is 53.1 Å². The third-order valence-electron chi connectivity index (χ3n) is 5.11. The summed E-state index contributed by atoms with van der Waals surface area (Å²) in [5, 5.41) is 14.9. The van der Waals surface area contributed by atoms with Gasteiger partial charge < -0.3 is 5.32 Å². The molecule has 1 amide bonds. The molecule has 0 radical (unpaired) electrons. The maximum atomic E-state index is 13.3. The van der Waals surface area contributed by atoms with E-state index in [0.717, 1.165) is 40.4 Å². The molecule has 1 aliphatic rings. The molecule has 1 atom stereocenters. The molecule has 1 unspecified atom stereocenters. The van der Waals surface area contributed by atoms with Crippen molar-refractivity contribution < 1.29 is 4.79 Å². The number of hydrogen-bond donors (Lipinski definition) is 1. The predicted molar refractivity (Wildman–Crippen MR) is 122 cm³/mol. The minimum absolute atomic E-state index is 0.0704. The van der Waals surface area contributed by atoms with Crippen LogP contribution in [-0.2, 0) is 4.79 Å². The van der Waals surface area contributed by atoms with Crippen LogP contribution in [0.25, 0.3) is 11.4 Å². The molecule has 154 valence electrons. The summed E-state index contributed by atoms with van der Waals surface area (Å²) in [6.07, 6.45) is 2.20. The van der Waals surface area contributed by atoms with E-state index in [1.54, 1.807) is 0 Å². The van der Waals surface area contributed by atoms with Gasteiger partial charge in [-0.15, -0.1) is 16.9 Å². The highest BCUT2D eigenvalue weighted by Crippen LogP contribution is 2.38. The molecule has 1 saturated carbocycles. The molecule has 0 bridgehead atoms. The first-order chi connectivity index (χ1) is 15.3. The number of tetrazole rings is 1. The second kappa shape index (κ2) is 8.73. The Hall–Kier alpha value is -3.45. The van der Waals surface area contributed by atoms with Crippen LogP contribution >= 0.6 is 11.8 Å². The van der Waals surface area contributed by atoms with E-state index in [4.69, 9.17) is 0 Å². The van der Waals surface area contributed by atoms with Crippen LogP contribution in [-0.4, -0.2) is 26.1 Å². The van der Waals surface area contributed by atoms with E-state index in [1.165, 1.54) is 11.8 Å². The summed E-state index contributed by atoms with van der Waals surface area (Å²) in [6.45, 7) is 0. The van der Waals surface area contributed by atoms with Gasteiger partial charge in [0.15, 0.2) is 5.82 Å². The number of carbonyl (C=O) groups excluding carboxylic acids is 1. The van der Waals surface area contributed by atoms with Gasteiger partial charge in [-0.3, -0.25) is 4.79 Å². The number of nitrogens with one attached hydrogen (secondary N) is 1. The van der Waals surface area contributed by atoms with E-state index in [9.17, 15) is 4.79 Å². The zero-order valence-corrected chi connectivity index (χ0v) is 17.6. The van der Waals surface area contributed by atoms with E-state index >= 15 is 0 Å². The van der Waals surface area contributed by atoms with Crippen LogP contribution in [0.5, 0.6) is 0 Å². The molecule has 1 N–H and O–H groups in total. The van der Waals surface area contributed by atoms with Crippen molar-refractivity contribution in [2.45, 2.75) is 29.0 Å². The second-order valence-corrected chi connectivity index (χ2v) is 8.65. The topological polar surface area (TPSA) is 72.7 Å². The van der Waals surface area contributed by atoms with Crippen LogP contribution in [0.1, 0.15) is 29.7 Å². The van der Waals surface area contributed by atoms with Crippen molar-refractivity contribution in [2.75, 3.05) is 5.32 Å². The van der Waals surface area contributed by atoms with Gasteiger partial charge in [-0.1, -0.05) is 60.7 Å². The summed E-state index contributed by atoms with van der Waals surface area (Å²) in [5.41, 5.74) is 2.58. The van der Waals surface area contributed by atoms with Crippen molar-refractivity contribution in [3.8, 4) is 11.4 Å². The average molecular weight is 428 g/mol. The lowest BCUT2D eigenvalue weighted by atomic mass is 10.1. The molecule has 1 fully saturated rings. The third-order valence-corrected chi connectivity index (χ3v) is 6.38. The number of rotatable bonds is 7. The zero-order chi connectivity index (χ0) is 21.0. The summed E-state index contributed by atoms with van der Waals surface area (Å²) in [6, 6.07) is 27.9. The number of amides is 1. The summed E-state index contributed by atoms with van der Waals surface area (Å²) in [4.78, 5) is 14.4. The van der Waals surface area contributed by atoms with Gasteiger partial charge in [0, 0.05) is 16.1 Å². The summed E-state index contributed by atoms with van der Waals surface area (Å²) in [7, 11) is 0. The summed E-state index contributed by atoms with van der Waals surface area (Å²) in [5.74, 6) is 0.663. The fourth-order valence-electron chi connectivity index (χ4n) is 3.43. The van der Waals surface area contributed by atoms with Crippen LogP contribution in [0.2, 0.25) is 0 Å². The van der Waals surface area contributed by atoms with Gasteiger partial charge in [0.1, 0.15) is 5.25 Å². The molecule has 6 nitrogen and oxygen atoms in total. The third kappa shape index (κ3) is 4.51. The Morgan fingerprint density at radius 1 is 0.968 bits per heavy atom. The highest BCUT2D eigenvalue weighted by molar-refractivity contribution is 8.00. The van der Waals surface area contributed by atoms with Crippen LogP contribution in [0.15, 0.2) is 89.8 Å². The minimum Gasteiger partial charge on any atom is -0.325 e. The molecule has 0 saturated heterocycles. The Morgan fingerprint density at radius 3 is 2.45 bits per heavy atom. The Balaban J connectivity index is 1.40. The molecule has 1 aromatic heterocycles. The number of anilines is 1. The van der Waals surface area contributed by atoms with E-state index in [0.29, 0.717) is 6.04 Å². The van der Waals surface area contributed by atoms with Gasteiger partial charge in [-0.2, -0.15) is 0 Å². The fraction of sp³-hybridized carbons (Fsp3) is 0.167. The van der Waals surface area contributed by atoms with Crippen LogP contribution in [0.3, 0.4) is 0 Å². The molecular formula is C24H21N5OS. The molecule has 1 aliphatic carbocycles. The summed E-state index contributed by atoms with van der Waals surface area (Å²) < 4.78 is 1.87. The molecule has 3 aromatic carbocycles. The molecule has 0 spiro atoms. The largest absolute Gasteiger partial charge is 0.325 e. The lowest BCUT2D eigenvalue weighted by Gasteiger charge is -2.17. The lowest BCUT2D eigenvalue weighted by Crippen LogP contribution is -2.19. The van der Waals surface area contributed by atoms with Crippen LogP contribution < -0.4 is 5.32 Å². The molecule has 4 aromatic rings. The first-order valence-corrected chi connectivity index (χ1v) is 11.1. The van der Waals surface area contributed by atoms with Crippen LogP contribution in [0, 0.1) is 0 Å². The number of benzene rings is 3. The Labute approximate surface area is 184 Å². The van der Waals surface area contributed by atoms with Gasteiger partial charge >= 0.3 is 0 Å². The van der Waals surface area contributed by atoms with Crippen LogP contribution in [0.4, 0.5) is 5.69 Å². The van der Waals surface area contributed by atoms with E-state index in [2.05, 4.69) is 20.8 Å². The molecular weight excluding hydrogens is 406 g/mol. The number of carbonyl (C=O) groups is 1. The molecule has 31 heavy (non-hydrogen) atoms. The number of hydrogen-bond acceptors (Lipinski definition) is 5. The zero-order valence-electron chi connectivity index (χ0n) is 16.8. The van der Waals surface area contributed by atoms with Gasteiger partial charge in [0.2, 0.25) is 5.91 Å². The Bertz CT molecular complexity index is 1170. The van der Waals surface area contributed by atoms with Gasteiger partial charge in [0.25, 0.3) is 0 Å². The first kappa shape index (κ1) is 19.5. The van der Waals surface area contributed by atoms with Crippen molar-refractivity contribution in [3.05, 3.63) is 90.5 Å². The monoisotopic (exact) mass is 427 g/mol. The SMILES string of the molecule is O=C(Nc1cccc(-c2nnnn2C2CC2)c1)C(Sc1ccccc1)c1ccccc1. The smallest absolute Gasteiger partial charge is 0.242 e. The van der Waals surface area contributed by atoms with E-state index in [-0.39, 0.29) is 11.2 Å². The number of nitrogens with zero attached hydrogens (tertiary/aromatic N) is 4. The van der Waals surface area contributed by atoms with E-state index in [1.807, 2.05) is 89.6 Å². The normalized spacial score (nSPS) is 14.2. The highest BCUT2D eigenvalue weighted by Gasteiger charge is 2.28. The van der Waals surface area contributed by atoms with Crippen molar-refractivity contribution in [1.29, 1.82) is 0 Å². The van der Waals surface area contributed by atoms with Crippen molar-refractivity contribution in [3.63, 3.8) is 0 Å². The maximum absolute atomic E-state index is 13.3. The molecule has 7 heteroatoms. The van der Waals surface area contributed by atoms with Gasteiger partial charge in [0.05, 0.1) is 6.04 Å². The van der Waals surface area contributed by atoms with E-state index < -0.39 is 0 Å². The molecule has 1 heterocycles. The number of thioether (sulfide) groups is 1. The summed E-state index contributed by atoms with van der Waals surface area (Å²) >= 11 is 1.54. The standard InChI is InChI=1S/C24H21N5OS/c30-24(22(17-8-3-1-4-9-17)31-21-12-5-2-6-13-21)25-19-11-7-10-18(16-19)23-26-27-28-29(23)20-14-15-20/h1-13,16,20,22H,14-15H2,(H,25,30). The van der Waals surface area contributed by atoms with Crippen molar-refractivity contribution >= 4 is 23.4 Å². The molecule has 5 rings (SSSR count). The first-order valence-electron chi connectivity index (χ1n) is 10.2. The quantitative estimate of drug-likeness (QED) is 0.413. The Kier molecular flexibility index (Phi) is 5.50. The van der Waals surface area contributed by atoms with Crippen molar-refractivity contribution in [2.24, 2.45) is 0 Å². The average Bonchev–Trinajstić information content (AvgIpc) is 3.55. The van der Waals surface area contributed by atoms with Crippen molar-refractivity contribution in [1.82, 2.24) is 20.2 Å². The number of aromatic nitrogens is 4. The fourth-order valence-corrected chi connectivity index (χ4v) is 4.47. The van der Waals surface area contributed by atoms with Gasteiger partial charge in [-0.25, -0.2) is 4.68 Å². The molecule has 0 aliphatic heterocycles. The Morgan fingerprint density at radius 2 is 1.71 bits per heavy atom. The lowest BCUT2D eigenvalue weighted by molar-refractivity contribution is -0.115. The maximum Gasteiger partial charge on any atom is 0.242 e. The second-order valence-electron chi connectivity index (χ2n) is 7.47. The highest BCUT2D eigenvalue weighted by atomic mass is 32.2. The minimum atomic E-state index is -0.371.